The number of allylic oxidation sites excluding steroid dienone is 2. The third-order valence-electron chi connectivity index (χ3n) is 4.21. The Bertz CT molecular complexity index is 881. The molecule has 2 heterocycles. The molecule has 3 rings (SSSR count). The van der Waals surface area contributed by atoms with Crippen LogP contribution in [0, 0.1) is 0 Å². The van der Waals surface area contributed by atoms with Gasteiger partial charge in [0.1, 0.15) is 23.6 Å². The molecular weight excluding hydrogens is 366 g/mol. The van der Waals surface area contributed by atoms with Gasteiger partial charge in [0.15, 0.2) is 0 Å². The highest BCUT2D eigenvalue weighted by atomic mass is 19.4. The van der Waals surface area contributed by atoms with Crippen molar-refractivity contribution in [2.45, 2.75) is 24.6 Å². The molecule has 1 aliphatic carbocycles. The van der Waals surface area contributed by atoms with Crippen LogP contribution in [0.2, 0.25) is 0 Å². The molecule has 0 amide bonds. The Morgan fingerprint density at radius 1 is 1.15 bits per heavy atom. The van der Waals surface area contributed by atoms with Crippen molar-refractivity contribution >= 4 is 0 Å². The molecule has 2 atom stereocenters. The normalized spacial score (nSPS) is 22.4. The number of methoxy groups -OCH3 is 1. The zero-order valence-electron chi connectivity index (χ0n) is 14.4. The first-order valence-electron chi connectivity index (χ1n) is 7.85. The van der Waals surface area contributed by atoms with Gasteiger partial charge < -0.3 is 9.47 Å². The van der Waals surface area contributed by atoms with Gasteiger partial charge in [-0.05, 0) is 31.2 Å². The number of aromatic nitrogens is 3. The summed E-state index contributed by atoms with van der Waals surface area (Å²) in [6, 6.07) is 1.94. The van der Waals surface area contributed by atoms with Crippen LogP contribution in [0.3, 0.4) is 0 Å². The van der Waals surface area contributed by atoms with E-state index < -0.39 is 29.2 Å². The summed E-state index contributed by atoms with van der Waals surface area (Å²) in [5, 5.41) is 0. The van der Waals surface area contributed by atoms with Crippen LogP contribution in [-0.4, -0.2) is 28.2 Å². The number of nitrogens with zero attached hydrogens (tertiary/aromatic N) is 3. The number of rotatable bonds is 4. The van der Waals surface area contributed by atoms with Crippen LogP contribution >= 0.6 is 0 Å². The molecule has 2 unspecified atom stereocenters. The summed E-state index contributed by atoms with van der Waals surface area (Å²) < 4.78 is 62.9. The molecule has 27 heavy (non-hydrogen) atoms. The van der Waals surface area contributed by atoms with Crippen molar-refractivity contribution in [2.24, 2.45) is 0 Å². The Balaban J connectivity index is 1.96. The van der Waals surface area contributed by atoms with Gasteiger partial charge in [-0.25, -0.2) is 19.3 Å². The predicted octanol–water partition coefficient (Wildman–Crippen LogP) is 4.38. The van der Waals surface area contributed by atoms with E-state index in [1.165, 1.54) is 31.8 Å². The van der Waals surface area contributed by atoms with E-state index in [9.17, 15) is 17.6 Å². The molecule has 1 aliphatic rings. The van der Waals surface area contributed by atoms with Crippen molar-refractivity contribution in [3.63, 3.8) is 0 Å². The van der Waals surface area contributed by atoms with Gasteiger partial charge in [0.25, 0.3) is 0 Å². The second-order valence-electron chi connectivity index (χ2n) is 6.05. The quantitative estimate of drug-likeness (QED) is 0.736. The van der Waals surface area contributed by atoms with E-state index in [1.807, 2.05) is 0 Å². The van der Waals surface area contributed by atoms with Gasteiger partial charge in [-0.15, -0.1) is 0 Å². The summed E-state index contributed by atoms with van der Waals surface area (Å²) in [4.78, 5) is 11.4. The highest BCUT2D eigenvalue weighted by Gasteiger charge is 2.39. The van der Waals surface area contributed by atoms with Crippen LogP contribution in [0.25, 0.3) is 0 Å². The molecule has 0 saturated heterocycles. The molecule has 0 aliphatic heterocycles. The van der Waals surface area contributed by atoms with Gasteiger partial charge in [-0.2, -0.15) is 13.2 Å². The average Bonchev–Trinajstić information content (AvgIpc) is 2.62. The van der Waals surface area contributed by atoms with E-state index >= 15 is 0 Å². The summed E-state index contributed by atoms with van der Waals surface area (Å²) in [6.45, 7) is 1.72. The Labute approximate surface area is 152 Å². The molecule has 9 heteroatoms. The molecule has 0 fully saturated rings. The maximum absolute atomic E-state index is 13.9. The maximum Gasteiger partial charge on any atom is 0.433 e. The van der Waals surface area contributed by atoms with Crippen LogP contribution < -0.4 is 4.74 Å². The summed E-state index contributed by atoms with van der Waals surface area (Å²) in [5.74, 6) is -0.344. The van der Waals surface area contributed by atoms with Crippen LogP contribution in [0.5, 0.6) is 11.6 Å². The van der Waals surface area contributed by atoms with Crippen LogP contribution in [-0.2, 0) is 16.3 Å². The second kappa shape index (κ2) is 7.07. The van der Waals surface area contributed by atoms with Crippen molar-refractivity contribution < 1.29 is 27.0 Å². The summed E-state index contributed by atoms with van der Waals surface area (Å²) >= 11 is 0. The number of ether oxygens (including phenoxy) is 2. The average molecular weight is 381 g/mol. The minimum absolute atomic E-state index is 0.0521. The Hall–Kier alpha value is -2.81. The molecule has 2 aromatic heterocycles. The Kier molecular flexibility index (Phi) is 4.97. The highest BCUT2D eigenvalue weighted by molar-refractivity contribution is 5.44. The van der Waals surface area contributed by atoms with Gasteiger partial charge in [0.05, 0.1) is 17.7 Å². The molecule has 5 nitrogen and oxygen atoms in total. The largest absolute Gasteiger partial charge is 0.437 e. The van der Waals surface area contributed by atoms with Crippen molar-refractivity contribution in [2.75, 3.05) is 7.11 Å². The zero-order chi connectivity index (χ0) is 19.7. The smallest absolute Gasteiger partial charge is 0.433 e. The molecule has 2 aromatic rings. The third-order valence-corrected chi connectivity index (χ3v) is 4.21. The molecular formula is C18H15F4N3O2. The van der Waals surface area contributed by atoms with E-state index in [0.717, 1.165) is 18.3 Å². The molecule has 0 aromatic carbocycles. The summed E-state index contributed by atoms with van der Waals surface area (Å²) in [6.07, 6.45) is 2.77. The van der Waals surface area contributed by atoms with Crippen molar-refractivity contribution in [3.05, 3.63) is 66.2 Å². The first-order chi connectivity index (χ1) is 12.7. The van der Waals surface area contributed by atoms with Crippen LogP contribution in [0.4, 0.5) is 17.6 Å². The minimum atomic E-state index is -4.55. The number of pyridine rings is 1. The first kappa shape index (κ1) is 19.0. The molecule has 0 N–H and O–H groups in total. The van der Waals surface area contributed by atoms with E-state index in [-0.39, 0.29) is 11.6 Å². The first-order valence-corrected chi connectivity index (χ1v) is 7.85. The van der Waals surface area contributed by atoms with Crippen LogP contribution in [0.1, 0.15) is 18.2 Å². The monoisotopic (exact) mass is 381 g/mol. The van der Waals surface area contributed by atoms with E-state index in [0.29, 0.717) is 5.56 Å². The SMILES string of the molecule is COC1C=CC(F)=CC1(C)c1cncnc1Oc1ccc(C(F)(F)F)nc1. The Morgan fingerprint density at radius 2 is 1.93 bits per heavy atom. The number of alkyl halides is 3. The number of hydrogen-bond donors (Lipinski definition) is 0. The molecule has 0 spiro atoms. The number of halogens is 4. The van der Waals surface area contributed by atoms with Gasteiger partial charge in [0.2, 0.25) is 5.88 Å². The molecule has 0 bridgehead atoms. The molecule has 0 saturated carbocycles. The lowest BCUT2D eigenvalue weighted by molar-refractivity contribution is -0.141. The third kappa shape index (κ3) is 3.82. The fourth-order valence-electron chi connectivity index (χ4n) is 2.84. The lowest BCUT2D eigenvalue weighted by Crippen LogP contribution is -2.37. The van der Waals surface area contributed by atoms with E-state index in [4.69, 9.17) is 9.47 Å². The van der Waals surface area contributed by atoms with E-state index in [2.05, 4.69) is 15.0 Å². The van der Waals surface area contributed by atoms with E-state index in [1.54, 1.807) is 13.0 Å². The van der Waals surface area contributed by atoms with Gasteiger partial charge in [0, 0.05) is 18.9 Å². The standard InChI is InChI=1S/C18H15F4N3O2/c1-17(7-11(19)3-6-15(17)26-2)13-9-23-10-25-16(13)27-12-4-5-14(24-8-12)18(20,21)22/h3-10,15H,1-2H3. The Morgan fingerprint density at radius 3 is 2.56 bits per heavy atom. The summed E-state index contributed by atoms with van der Waals surface area (Å²) in [5.41, 5.74) is -1.60. The topological polar surface area (TPSA) is 57.1 Å². The lowest BCUT2D eigenvalue weighted by atomic mass is 9.75. The van der Waals surface area contributed by atoms with Gasteiger partial charge in [-0.1, -0.05) is 6.08 Å². The fraction of sp³-hybridized carbons (Fsp3) is 0.278. The van der Waals surface area contributed by atoms with Crippen LogP contribution in [0.15, 0.2) is 54.9 Å². The van der Waals surface area contributed by atoms with Crippen molar-refractivity contribution in [3.8, 4) is 11.6 Å². The molecule has 0 radical (unpaired) electrons. The highest BCUT2D eigenvalue weighted by Crippen LogP contribution is 2.40. The fourth-order valence-corrected chi connectivity index (χ4v) is 2.84. The van der Waals surface area contributed by atoms with Crippen molar-refractivity contribution in [1.82, 2.24) is 15.0 Å². The van der Waals surface area contributed by atoms with Gasteiger partial charge >= 0.3 is 6.18 Å². The minimum Gasteiger partial charge on any atom is -0.437 e. The van der Waals surface area contributed by atoms with Crippen molar-refractivity contribution in [1.29, 1.82) is 0 Å². The second-order valence-corrected chi connectivity index (χ2v) is 6.05. The maximum atomic E-state index is 13.9. The van der Waals surface area contributed by atoms with Gasteiger partial charge in [-0.3, -0.25) is 0 Å². The molecule has 142 valence electrons. The number of hydrogen-bond acceptors (Lipinski definition) is 5. The zero-order valence-corrected chi connectivity index (χ0v) is 14.4. The lowest BCUT2D eigenvalue weighted by Gasteiger charge is -2.35. The summed E-state index contributed by atoms with van der Waals surface area (Å²) in [7, 11) is 1.48. The predicted molar refractivity (Wildman–Crippen MR) is 87.8 cm³/mol.